The quantitative estimate of drug-likeness (QED) is 0.622. The van der Waals surface area contributed by atoms with Crippen molar-refractivity contribution in [1.82, 2.24) is 0 Å². The molecule has 0 aromatic carbocycles. The number of nitrogens with zero attached hydrogens (tertiary/aromatic N) is 1. The van der Waals surface area contributed by atoms with Gasteiger partial charge in [0.05, 0.1) is 5.56 Å². The van der Waals surface area contributed by atoms with Gasteiger partial charge < -0.3 is 10.1 Å². The second-order valence-corrected chi connectivity index (χ2v) is 8.26. The molecule has 0 spiro atoms. The van der Waals surface area contributed by atoms with E-state index in [1.807, 2.05) is 17.5 Å². The first-order chi connectivity index (χ1) is 12.6. The highest BCUT2D eigenvalue weighted by Crippen LogP contribution is 2.39. The lowest BCUT2D eigenvalue weighted by molar-refractivity contribution is -0.142. The van der Waals surface area contributed by atoms with Crippen molar-refractivity contribution in [3.05, 3.63) is 44.5 Å². The number of nitrogens with one attached hydrogen (secondary N) is 1. The Morgan fingerprint density at radius 2 is 2.35 bits per heavy atom. The molecule has 2 aromatic rings. The molecule has 0 radical (unpaired) electrons. The summed E-state index contributed by atoms with van der Waals surface area (Å²) < 4.78 is 4.96. The van der Waals surface area contributed by atoms with Crippen LogP contribution in [0.1, 0.15) is 34.2 Å². The lowest BCUT2D eigenvalue weighted by Gasteiger charge is -2.17. The van der Waals surface area contributed by atoms with Crippen LogP contribution >= 0.6 is 22.7 Å². The fourth-order valence-corrected chi connectivity index (χ4v) is 4.84. The van der Waals surface area contributed by atoms with Crippen LogP contribution in [0.5, 0.6) is 0 Å². The molecule has 3 rings (SSSR count). The van der Waals surface area contributed by atoms with Gasteiger partial charge in [-0.05, 0) is 48.3 Å². The number of anilines is 1. The molecule has 0 saturated carbocycles. The molecule has 2 aromatic heterocycles. The molecule has 1 aliphatic rings. The number of ether oxygens (including phenoxy) is 1. The molecule has 5 nitrogen and oxygen atoms in total. The molecule has 0 saturated heterocycles. The summed E-state index contributed by atoms with van der Waals surface area (Å²) in [6.07, 6.45) is 5.81. The first-order valence-electron chi connectivity index (χ1n) is 8.29. The zero-order valence-corrected chi connectivity index (χ0v) is 15.9. The van der Waals surface area contributed by atoms with Crippen LogP contribution in [-0.2, 0) is 27.2 Å². The van der Waals surface area contributed by atoms with E-state index in [0.29, 0.717) is 16.5 Å². The molecule has 1 amide bonds. The Balaban J connectivity index is 1.57. The lowest BCUT2D eigenvalue weighted by Crippen LogP contribution is -2.20. The molecular weight excluding hydrogens is 368 g/mol. The van der Waals surface area contributed by atoms with Crippen LogP contribution in [0.25, 0.3) is 6.08 Å². The highest BCUT2D eigenvalue weighted by atomic mass is 32.1. The van der Waals surface area contributed by atoms with Gasteiger partial charge in [-0.3, -0.25) is 4.79 Å². The van der Waals surface area contributed by atoms with Gasteiger partial charge in [0.2, 0.25) is 0 Å². The minimum absolute atomic E-state index is 0.378. The van der Waals surface area contributed by atoms with Crippen LogP contribution in [0.4, 0.5) is 5.00 Å². The molecule has 0 fully saturated rings. The molecule has 2 heterocycles. The second-order valence-electron chi connectivity index (χ2n) is 6.17. The number of carbonyl (C=O) groups is 2. The van der Waals surface area contributed by atoms with Crippen molar-refractivity contribution in [3.8, 4) is 6.07 Å². The molecule has 1 N–H and O–H groups in total. The van der Waals surface area contributed by atoms with Crippen LogP contribution in [0.2, 0.25) is 0 Å². The van der Waals surface area contributed by atoms with Crippen LogP contribution < -0.4 is 5.32 Å². The van der Waals surface area contributed by atoms with Crippen molar-refractivity contribution in [1.29, 1.82) is 5.26 Å². The van der Waals surface area contributed by atoms with Crippen LogP contribution in [0.15, 0.2) is 23.6 Å². The summed E-state index contributed by atoms with van der Waals surface area (Å²) in [4.78, 5) is 25.9. The minimum atomic E-state index is -0.576. The Labute approximate surface area is 159 Å². The molecule has 0 unspecified atom stereocenters. The summed E-state index contributed by atoms with van der Waals surface area (Å²) >= 11 is 2.96. The van der Waals surface area contributed by atoms with E-state index in [-0.39, 0.29) is 6.61 Å². The molecule has 1 aliphatic carbocycles. The average Bonchev–Trinajstić information content (AvgIpc) is 3.24. The maximum absolute atomic E-state index is 12.1. The Morgan fingerprint density at radius 3 is 3.08 bits per heavy atom. The van der Waals surface area contributed by atoms with E-state index >= 15 is 0 Å². The number of thiophene rings is 2. The predicted molar refractivity (Wildman–Crippen MR) is 103 cm³/mol. The van der Waals surface area contributed by atoms with E-state index in [1.165, 1.54) is 33.6 Å². The van der Waals surface area contributed by atoms with Crippen LogP contribution in [0.3, 0.4) is 0 Å². The standard InChI is InChI=1S/C19H18N2O3S2/c1-12-4-6-14-15(10-20)19(26-16(14)9-12)21-17(22)11-24-18(23)7-5-13-3-2-8-25-13/h2-3,5,7-8,12H,4,6,9,11H2,1H3,(H,21,22)/b7-5+/t12-/m1/s1. The van der Waals surface area contributed by atoms with Crippen molar-refractivity contribution < 1.29 is 14.3 Å². The number of esters is 1. The van der Waals surface area contributed by atoms with Crippen LogP contribution in [0, 0.1) is 17.2 Å². The topological polar surface area (TPSA) is 79.2 Å². The molecular formula is C19H18N2O3S2. The maximum atomic E-state index is 12.1. The Hall–Kier alpha value is -2.43. The van der Waals surface area contributed by atoms with Gasteiger partial charge in [-0.1, -0.05) is 13.0 Å². The van der Waals surface area contributed by atoms with Crippen molar-refractivity contribution in [2.75, 3.05) is 11.9 Å². The average molecular weight is 386 g/mol. The smallest absolute Gasteiger partial charge is 0.331 e. The Kier molecular flexibility index (Phi) is 5.86. The number of amides is 1. The largest absolute Gasteiger partial charge is 0.452 e. The van der Waals surface area contributed by atoms with Crippen molar-refractivity contribution in [3.63, 3.8) is 0 Å². The summed E-state index contributed by atoms with van der Waals surface area (Å²) in [5.41, 5.74) is 1.61. The third-order valence-electron chi connectivity index (χ3n) is 4.15. The SMILES string of the molecule is C[C@@H]1CCc2c(sc(NC(=O)COC(=O)/C=C/c3cccs3)c2C#N)C1. The number of fused-ring (bicyclic) bond motifs is 1. The fraction of sp³-hybridized carbons (Fsp3) is 0.316. The minimum Gasteiger partial charge on any atom is -0.452 e. The summed E-state index contributed by atoms with van der Waals surface area (Å²) in [6.45, 7) is 1.81. The summed E-state index contributed by atoms with van der Waals surface area (Å²) in [7, 11) is 0. The first-order valence-corrected chi connectivity index (χ1v) is 9.99. The van der Waals surface area contributed by atoms with Crippen molar-refractivity contribution in [2.45, 2.75) is 26.2 Å². The number of rotatable bonds is 5. The third-order valence-corrected chi connectivity index (χ3v) is 6.16. The third kappa shape index (κ3) is 4.40. The zero-order chi connectivity index (χ0) is 18.5. The zero-order valence-electron chi connectivity index (χ0n) is 14.3. The number of hydrogen-bond acceptors (Lipinski definition) is 6. The van der Waals surface area contributed by atoms with Gasteiger partial charge >= 0.3 is 5.97 Å². The lowest BCUT2D eigenvalue weighted by atomic mass is 9.89. The van der Waals surface area contributed by atoms with Crippen molar-refractivity contribution in [2.24, 2.45) is 5.92 Å². The highest BCUT2D eigenvalue weighted by Gasteiger charge is 2.24. The van der Waals surface area contributed by atoms with Crippen molar-refractivity contribution >= 4 is 45.6 Å². The molecule has 26 heavy (non-hydrogen) atoms. The maximum Gasteiger partial charge on any atom is 0.331 e. The monoisotopic (exact) mass is 386 g/mol. The molecule has 7 heteroatoms. The van der Waals surface area contributed by atoms with E-state index in [0.717, 1.165) is 29.7 Å². The summed E-state index contributed by atoms with van der Waals surface area (Å²) in [6, 6.07) is 5.97. The Bertz CT molecular complexity index is 875. The Morgan fingerprint density at radius 1 is 1.50 bits per heavy atom. The van der Waals surface area contributed by atoms with E-state index in [9.17, 15) is 14.9 Å². The summed E-state index contributed by atoms with van der Waals surface area (Å²) in [5.74, 6) is -0.424. The summed E-state index contributed by atoms with van der Waals surface area (Å²) in [5, 5.41) is 14.6. The first kappa shape index (κ1) is 18.4. The van der Waals surface area contributed by atoms with Gasteiger partial charge in [-0.25, -0.2) is 4.79 Å². The molecule has 0 aliphatic heterocycles. The van der Waals surface area contributed by atoms with Gasteiger partial charge in [-0.2, -0.15) is 5.26 Å². The predicted octanol–water partition coefficient (Wildman–Crippen LogP) is 4.00. The van der Waals surface area contributed by atoms with E-state index in [1.54, 1.807) is 6.08 Å². The second kappa shape index (κ2) is 8.30. The van der Waals surface area contributed by atoms with Gasteiger partial charge in [0.1, 0.15) is 11.1 Å². The van der Waals surface area contributed by atoms with E-state index < -0.39 is 11.9 Å². The highest BCUT2D eigenvalue weighted by molar-refractivity contribution is 7.16. The van der Waals surface area contributed by atoms with Gasteiger partial charge in [0.15, 0.2) is 6.61 Å². The van der Waals surface area contributed by atoms with Gasteiger partial charge in [0, 0.05) is 15.8 Å². The number of carbonyl (C=O) groups excluding carboxylic acids is 2. The number of hydrogen-bond donors (Lipinski definition) is 1. The normalized spacial score (nSPS) is 16.1. The number of nitriles is 1. The fourth-order valence-electron chi connectivity index (χ4n) is 2.84. The molecule has 134 valence electrons. The molecule has 1 atom stereocenters. The van der Waals surface area contributed by atoms with Gasteiger partial charge in [0.25, 0.3) is 5.91 Å². The van der Waals surface area contributed by atoms with E-state index in [4.69, 9.17) is 4.74 Å². The van der Waals surface area contributed by atoms with Crippen LogP contribution in [-0.4, -0.2) is 18.5 Å². The van der Waals surface area contributed by atoms with Gasteiger partial charge in [-0.15, -0.1) is 22.7 Å². The van der Waals surface area contributed by atoms with E-state index in [2.05, 4.69) is 18.3 Å². The molecule has 0 bridgehead atoms.